The molecule has 9 heteroatoms. The highest BCUT2D eigenvalue weighted by atomic mass is 16.5. The second-order valence-electron chi connectivity index (χ2n) is 13.3. The number of hydrogen-bond acceptors (Lipinski definition) is 5. The first-order valence-corrected chi connectivity index (χ1v) is 18.5. The molecule has 0 unspecified atom stereocenters. The maximum Gasteiger partial charge on any atom is 0.328 e. The normalized spacial score (nSPS) is 12.5. The molecule has 0 fully saturated rings. The zero-order valence-electron chi connectivity index (χ0n) is 29.6. The second-order valence-corrected chi connectivity index (χ2v) is 13.3. The van der Waals surface area contributed by atoms with Crippen LogP contribution >= 0.6 is 0 Å². The van der Waals surface area contributed by atoms with Crippen LogP contribution in [0, 0.1) is 5.92 Å². The van der Waals surface area contributed by atoms with Crippen molar-refractivity contribution in [3.05, 3.63) is 0 Å². The van der Waals surface area contributed by atoms with Gasteiger partial charge in [0.15, 0.2) is 5.96 Å². The molecule has 0 bridgehead atoms. The number of carbonyl (C=O) groups is 3. The van der Waals surface area contributed by atoms with Crippen molar-refractivity contribution >= 4 is 23.7 Å². The van der Waals surface area contributed by atoms with E-state index in [0.717, 1.165) is 19.3 Å². The maximum atomic E-state index is 12.9. The van der Waals surface area contributed by atoms with Crippen LogP contribution in [0.4, 0.5) is 0 Å². The highest BCUT2D eigenvalue weighted by Crippen LogP contribution is 2.15. The fourth-order valence-electron chi connectivity index (χ4n) is 5.60. The molecule has 264 valence electrons. The maximum absolute atomic E-state index is 12.9. The Hall–Kier alpha value is -2.32. The Bertz CT molecular complexity index is 771. The summed E-state index contributed by atoms with van der Waals surface area (Å²) in [4.78, 5) is 41.4. The van der Waals surface area contributed by atoms with Crippen molar-refractivity contribution < 1.29 is 19.1 Å². The fourth-order valence-corrected chi connectivity index (χ4v) is 5.60. The number of guanidine groups is 1. The summed E-state index contributed by atoms with van der Waals surface area (Å²) >= 11 is 0. The van der Waals surface area contributed by atoms with Crippen LogP contribution in [-0.4, -0.2) is 49.0 Å². The van der Waals surface area contributed by atoms with Crippen molar-refractivity contribution in [1.82, 2.24) is 10.6 Å². The van der Waals surface area contributed by atoms with Crippen molar-refractivity contribution in [3.63, 3.8) is 0 Å². The molecule has 0 aliphatic carbocycles. The van der Waals surface area contributed by atoms with Gasteiger partial charge in [0.05, 0.1) is 6.61 Å². The topological polar surface area (TPSA) is 149 Å². The standard InChI is InChI=1S/C36H71N5O4/c1-5-6-7-8-9-10-11-12-13-14-15-16-17-18-19-20-21-22-23-24-28-45-35(44)32(26-25-27-39-36(37)38)41-34(43)33(29-30(2)3)40-31(4)42/h30,32-33H,5-29H2,1-4H3,(H,40,42)(H,41,43)(H4,37,38,39)/t32-,33-/m0/s1. The Labute approximate surface area is 276 Å². The number of unbranched alkanes of at least 4 members (excludes halogenated alkanes) is 19. The van der Waals surface area contributed by atoms with Gasteiger partial charge in [0.25, 0.3) is 0 Å². The summed E-state index contributed by atoms with van der Waals surface area (Å²) in [6.45, 7) is 8.29. The first-order chi connectivity index (χ1) is 21.7. The molecule has 0 radical (unpaired) electrons. The van der Waals surface area contributed by atoms with Crippen LogP contribution in [0.2, 0.25) is 0 Å². The molecule has 0 spiro atoms. The molecule has 2 amide bonds. The number of nitrogens with zero attached hydrogens (tertiary/aromatic N) is 1. The van der Waals surface area contributed by atoms with Gasteiger partial charge in [0.2, 0.25) is 11.8 Å². The number of rotatable bonds is 31. The summed E-state index contributed by atoms with van der Waals surface area (Å²) in [5.74, 6) is -0.958. The molecule has 6 N–H and O–H groups in total. The predicted molar refractivity (Wildman–Crippen MR) is 188 cm³/mol. The van der Waals surface area contributed by atoms with E-state index in [0.29, 0.717) is 32.4 Å². The molecular formula is C36H71N5O4. The average Bonchev–Trinajstić information content (AvgIpc) is 2.98. The number of aliphatic imine (C=N–C) groups is 1. The minimum Gasteiger partial charge on any atom is -0.464 e. The van der Waals surface area contributed by atoms with Gasteiger partial charge in [-0.2, -0.15) is 0 Å². The summed E-state index contributed by atoms with van der Waals surface area (Å²) in [5.41, 5.74) is 10.8. The van der Waals surface area contributed by atoms with Gasteiger partial charge in [0, 0.05) is 13.5 Å². The van der Waals surface area contributed by atoms with Crippen LogP contribution in [0.3, 0.4) is 0 Å². The van der Waals surface area contributed by atoms with Gasteiger partial charge in [-0.25, -0.2) is 4.79 Å². The molecule has 0 saturated heterocycles. The van der Waals surface area contributed by atoms with Crippen molar-refractivity contribution in [2.75, 3.05) is 13.2 Å². The van der Waals surface area contributed by atoms with E-state index in [1.807, 2.05) is 13.8 Å². The van der Waals surface area contributed by atoms with Crippen LogP contribution in [-0.2, 0) is 19.1 Å². The van der Waals surface area contributed by atoms with E-state index in [9.17, 15) is 14.4 Å². The van der Waals surface area contributed by atoms with E-state index in [-0.39, 0.29) is 23.7 Å². The fraction of sp³-hybridized carbons (Fsp3) is 0.889. The lowest BCUT2D eigenvalue weighted by Gasteiger charge is -2.23. The first kappa shape index (κ1) is 42.7. The van der Waals surface area contributed by atoms with Gasteiger partial charge in [-0.05, 0) is 31.6 Å². The van der Waals surface area contributed by atoms with E-state index < -0.39 is 18.1 Å². The number of esters is 1. The highest BCUT2D eigenvalue weighted by Gasteiger charge is 2.27. The van der Waals surface area contributed by atoms with Crippen molar-refractivity contribution in [2.45, 2.75) is 187 Å². The minimum atomic E-state index is -0.819. The first-order valence-electron chi connectivity index (χ1n) is 18.5. The highest BCUT2D eigenvalue weighted by molar-refractivity contribution is 5.90. The molecule has 0 aliphatic heterocycles. The van der Waals surface area contributed by atoms with E-state index >= 15 is 0 Å². The summed E-state index contributed by atoms with van der Waals surface area (Å²) in [6, 6.07) is -1.53. The SMILES string of the molecule is CCCCCCCCCCCCCCCCCCCCCCOC(=O)[C@H](CCCN=C(N)N)NC(=O)[C@H](CC(C)C)NC(C)=O. The number of amides is 2. The molecule has 0 saturated carbocycles. The second kappa shape index (κ2) is 30.3. The molecule has 9 nitrogen and oxygen atoms in total. The minimum absolute atomic E-state index is 0.0135. The number of ether oxygens (including phenoxy) is 1. The van der Waals surface area contributed by atoms with E-state index in [2.05, 4.69) is 22.5 Å². The summed E-state index contributed by atoms with van der Waals surface area (Å²) in [7, 11) is 0. The summed E-state index contributed by atoms with van der Waals surface area (Å²) in [6.07, 6.45) is 27.7. The van der Waals surface area contributed by atoms with Gasteiger partial charge in [-0.3, -0.25) is 14.6 Å². The molecule has 2 atom stereocenters. The lowest BCUT2D eigenvalue weighted by molar-refractivity contribution is -0.148. The summed E-state index contributed by atoms with van der Waals surface area (Å²) < 4.78 is 5.54. The molecule has 0 aromatic carbocycles. The third-order valence-electron chi connectivity index (χ3n) is 8.19. The Morgan fingerprint density at radius 2 is 1.09 bits per heavy atom. The third-order valence-corrected chi connectivity index (χ3v) is 8.19. The number of nitrogens with two attached hydrogens (primary N) is 2. The van der Waals surface area contributed by atoms with Crippen LogP contribution < -0.4 is 22.1 Å². The monoisotopic (exact) mass is 638 g/mol. The predicted octanol–water partition coefficient (Wildman–Crippen LogP) is 7.44. The van der Waals surface area contributed by atoms with Crippen molar-refractivity contribution in [1.29, 1.82) is 0 Å². The van der Waals surface area contributed by atoms with E-state index in [1.165, 1.54) is 116 Å². The van der Waals surface area contributed by atoms with Crippen LogP contribution in [0.15, 0.2) is 4.99 Å². The van der Waals surface area contributed by atoms with E-state index in [1.54, 1.807) is 0 Å². The number of nitrogens with one attached hydrogen (secondary N) is 2. The zero-order valence-corrected chi connectivity index (χ0v) is 29.6. The van der Waals surface area contributed by atoms with Gasteiger partial charge in [0.1, 0.15) is 12.1 Å². The zero-order chi connectivity index (χ0) is 33.5. The Morgan fingerprint density at radius 3 is 1.49 bits per heavy atom. The van der Waals surface area contributed by atoms with Gasteiger partial charge >= 0.3 is 5.97 Å². The van der Waals surface area contributed by atoms with Crippen LogP contribution in [0.1, 0.15) is 175 Å². The third kappa shape index (κ3) is 28.9. The molecule has 0 aliphatic rings. The average molecular weight is 638 g/mol. The van der Waals surface area contributed by atoms with Crippen LogP contribution in [0.5, 0.6) is 0 Å². The number of carbonyl (C=O) groups excluding carboxylic acids is 3. The molecule has 0 heterocycles. The molecule has 45 heavy (non-hydrogen) atoms. The lowest BCUT2D eigenvalue weighted by atomic mass is 10.0. The lowest BCUT2D eigenvalue weighted by Crippen LogP contribution is -2.52. The largest absolute Gasteiger partial charge is 0.464 e. The molecule has 0 rings (SSSR count). The smallest absolute Gasteiger partial charge is 0.328 e. The van der Waals surface area contributed by atoms with Gasteiger partial charge in [-0.15, -0.1) is 0 Å². The Kier molecular flexibility index (Phi) is 28.8. The molecular weight excluding hydrogens is 566 g/mol. The van der Waals surface area contributed by atoms with Gasteiger partial charge < -0.3 is 26.8 Å². The summed E-state index contributed by atoms with van der Waals surface area (Å²) in [5, 5.41) is 5.48. The molecule has 0 aromatic rings. The van der Waals surface area contributed by atoms with Crippen molar-refractivity contribution in [2.24, 2.45) is 22.4 Å². The Balaban J connectivity index is 4.05. The quantitative estimate of drug-likeness (QED) is 0.0269. The van der Waals surface area contributed by atoms with E-state index in [4.69, 9.17) is 16.2 Å². The van der Waals surface area contributed by atoms with Gasteiger partial charge in [-0.1, -0.05) is 143 Å². The van der Waals surface area contributed by atoms with Crippen molar-refractivity contribution in [3.8, 4) is 0 Å². The number of hydrogen-bond donors (Lipinski definition) is 4. The van der Waals surface area contributed by atoms with Crippen LogP contribution in [0.25, 0.3) is 0 Å². The Morgan fingerprint density at radius 1 is 0.644 bits per heavy atom. The molecule has 0 aromatic heterocycles.